The quantitative estimate of drug-likeness (QED) is 0.797. The number of hydrogen-bond donors (Lipinski definition) is 1. The average Bonchev–Trinajstić information content (AvgIpc) is 2.59. The van der Waals surface area contributed by atoms with Crippen molar-refractivity contribution in [2.45, 2.75) is 31.7 Å². The molecule has 4 nitrogen and oxygen atoms in total. The molecule has 0 radical (unpaired) electrons. The van der Waals surface area contributed by atoms with Crippen molar-refractivity contribution in [1.29, 1.82) is 0 Å². The molecule has 2 rings (SSSR count). The third kappa shape index (κ3) is 4.66. The van der Waals surface area contributed by atoms with Gasteiger partial charge in [0.1, 0.15) is 0 Å². The number of sulfonamides is 1. The van der Waals surface area contributed by atoms with Gasteiger partial charge in [-0.05, 0) is 37.7 Å². The maximum absolute atomic E-state index is 12.5. The minimum atomic E-state index is -3.51. The number of nitrogens with zero attached hydrogens (tertiary/aromatic N) is 1. The molecule has 1 N–H and O–H groups in total. The van der Waals surface area contributed by atoms with E-state index in [4.69, 9.17) is 0 Å². The summed E-state index contributed by atoms with van der Waals surface area (Å²) < 4.78 is 27.9. The van der Waals surface area contributed by atoms with Crippen LogP contribution in [0.1, 0.15) is 31.0 Å². The molecule has 2 aromatic carbocycles. The van der Waals surface area contributed by atoms with Crippen molar-refractivity contribution < 1.29 is 8.42 Å². The van der Waals surface area contributed by atoms with Gasteiger partial charge in [-0.3, -0.25) is 4.90 Å². The third-order valence-corrected chi connectivity index (χ3v) is 5.67. The fraction of sp³-hybridized carbons (Fsp3) is 0.368. The van der Waals surface area contributed by atoms with Crippen LogP contribution in [-0.4, -0.2) is 33.0 Å². The molecule has 5 heteroatoms. The molecular formula is C19H26N2O2S. The van der Waals surface area contributed by atoms with Gasteiger partial charge < -0.3 is 0 Å². The van der Waals surface area contributed by atoms with Crippen molar-refractivity contribution in [2.75, 3.05) is 19.6 Å². The first-order valence-electron chi connectivity index (χ1n) is 8.33. The zero-order valence-electron chi connectivity index (χ0n) is 14.6. The summed E-state index contributed by atoms with van der Waals surface area (Å²) in [4.78, 5) is 2.56. The van der Waals surface area contributed by atoms with Gasteiger partial charge in [-0.2, -0.15) is 0 Å². The van der Waals surface area contributed by atoms with Crippen LogP contribution in [0.25, 0.3) is 0 Å². The van der Waals surface area contributed by atoms with Gasteiger partial charge in [-0.15, -0.1) is 0 Å². The first-order valence-corrected chi connectivity index (χ1v) is 9.81. The van der Waals surface area contributed by atoms with Crippen LogP contribution in [0.5, 0.6) is 0 Å². The molecule has 130 valence electrons. The summed E-state index contributed by atoms with van der Waals surface area (Å²) in [5.74, 6) is 0. The topological polar surface area (TPSA) is 49.4 Å². The summed E-state index contributed by atoms with van der Waals surface area (Å²) in [5.41, 5.74) is 2.16. The van der Waals surface area contributed by atoms with Crippen LogP contribution in [0.4, 0.5) is 0 Å². The van der Waals surface area contributed by atoms with Gasteiger partial charge in [0.15, 0.2) is 0 Å². The van der Waals surface area contributed by atoms with E-state index in [0.717, 1.165) is 24.2 Å². The summed E-state index contributed by atoms with van der Waals surface area (Å²) >= 11 is 0. The zero-order valence-corrected chi connectivity index (χ0v) is 15.4. The summed E-state index contributed by atoms with van der Waals surface area (Å²) in [6.07, 6.45) is 0. The molecule has 0 spiro atoms. The maximum atomic E-state index is 12.5. The first kappa shape index (κ1) is 18.6. The van der Waals surface area contributed by atoms with Crippen molar-refractivity contribution in [2.24, 2.45) is 0 Å². The third-order valence-electron chi connectivity index (χ3n) is 4.24. The highest BCUT2D eigenvalue weighted by Gasteiger charge is 2.21. The molecule has 24 heavy (non-hydrogen) atoms. The monoisotopic (exact) mass is 346 g/mol. The Bertz CT molecular complexity index is 724. The van der Waals surface area contributed by atoms with Gasteiger partial charge in [0.2, 0.25) is 10.0 Å². The summed E-state index contributed by atoms with van der Waals surface area (Å²) in [6.45, 7) is 8.20. The molecule has 0 aliphatic carbocycles. The van der Waals surface area contributed by atoms with Crippen LogP contribution in [-0.2, 0) is 10.0 Å². The highest BCUT2D eigenvalue weighted by atomic mass is 32.2. The van der Waals surface area contributed by atoms with Crippen molar-refractivity contribution in [1.82, 2.24) is 9.62 Å². The van der Waals surface area contributed by atoms with Crippen LogP contribution in [0, 0.1) is 6.92 Å². The molecule has 2 aromatic rings. The van der Waals surface area contributed by atoms with E-state index in [9.17, 15) is 8.42 Å². The normalized spacial score (nSPS) is 13.2. The van der Waals surface area contributed by atoms with E-state index in [2.05, 4.69) is 23.5 Å². The second-order valence-corrected chi connectivity index (χ2v) is 7.58. The number of likely N-dealkylation sites (N-methyl/N-ethyl adjacent to an activating group) is 1. The van der Waals surface area contributed by atoms with Gasteiger partial charge in [0.25, 0.3) is 0 Å². The molecule has 1 unspecified atom stereocenters. The molecule has 0 saturated carbocycles. The summed E-state index contributed by atoms with van der Waals surface area (Å²) in [6, 6.07) is 17.0. The van der Waals surface area contributed by atoms with Crippen LogP contribution in [0.2, 0.25) is 0 Å². The number of nitrogens with one attached hydrogen (secondary N) is 1. The standard InChI is InChI=1S/C19H26N2O2S/c1-4-21(5-2)19(17-9-7-6-8-10-17)15-20-24(22,23)18-13-11-16(3)12-14-18/h6-14,19-20H,4-5,15H2,1-3H3. The predicted octanol–water partition coefficient (Wildman–Crippen LogP) is 3.36. The molecule has 0 fully saturated rings. The molecular weight excluding hydrogens is 320 g/mol. The summed E-state index contributed by atoms with van der Waals surface area (Å²) in [7, 11) is -3.51. The summed E-state index contributed by atoms with van der Waals surface area (Å²) in [5, 5.41) is 0. The lowest BCUT2D eigenvalue weighted by Crippen LogP contribution is -2.38. The van der Waals surface area contributed by atoms with E-state index in [-0.39, 0.29) is 6.04 Å². The second-order valence-electron chi connectivity index (χ2n) is 5.81. The fourth-order valence-corrected chi connectivity index (χ4v) is 3.83. The van der Waals surface area contributed by atoms with Crippen LogP contribution < -0.4 is 4.72 Å². The van der Waals surface area contributed by atoms with E-state index in [1.165, 1.54) is 0 Å². The van der Waals surface area contributed by atoms with E-state index < -0.39 is 10.0 Å². The number of aryl methyl sites for hydroxylation is 1. The molecule has 0 aliphatic heterocycles. The first-order chi connectivity index (χ1) is 11.5. The van der Waals surface area contributed by atoms with Gasteiger partial charge in [0.05, 0.1) is 4.90 Å². The molecule has 0 saturated heterocycles. The Morgan fingerprint density at radius 2 is 1.54 bits per heavy atom. The van der Waals surface area contributed by atoms with Gasteiger partial charge >= 0.3 is 0 Å². The lowest BCUT2D eigenvalue weighted by atomic mass is 10.1. The lowest BCUT2D eigenvalue weighted by Gasteiger charge is -2.30. The van der Waals surface area contributed by atoms with E-state index >= 15 is 0 Å². The number of rotatable bonds is 8. The van der Waals surface area contributed by atoms with Crippen LogP contribution >= 0.6 is 0 Å². The van der Waals surface area contributed by atoms with E-state index in [1.54, 1.807) is 12.1 Å². The van der Waals surface area contributed by atoms with Crippen molar-refractivity contribution in [3.8, 4) is 0 Å². The zero-order chi connectivity index (χ0) is 17.6. The molecule has 0 amide bonds. The van der Waals surface area contributed by atoms with E-state index in [1.807, 2.05) is 49.4 Å². The fourth-order valence-electron chi connectivity index (χ4n) is 2.79. The maximum Gasteiger partial charge on any atom is 0.240 e. The van der Waals surface area contributed by atoms with Gasteiger partial charge in [0, 0.05) is 12.6 Å². The van der Waals surface area contributed by atoms with Crippen LogP contribution in [0.3, 0.4) is 0 Å². The largest absolute Gasteiger partial charge is 0.296 e. The van der Waals surface area contributed by atoms with Crippen molar-refractivity contribution >= 4 is 10.0 Å². The van der Waals surface area contributed by atoms with Gasteiger partial charge in [-0.1, -0.05) is 61.9 Å². The van der Waals surface area contributed by atoms with Gasteiger partial charge in [-0.25, -0.2) is 13.1 Å². The van der Waals surface area contributed by atoms with Crippen molar-refractivity contribution in [3.05, 3.63) is 65.7 Å². The SMILES string of the molecule is CCN(CC)C(CNS(=O)(=O)c1ccc(C)cc1)c1ccccc1. The predicted molar refractivity (Wildman–Crippen MR) is 98.5 cm³/mol. The molecule has 0 aromatic heterocycles. The Hall–Kier alpha value is -1.69. The van der Waals surface area contributed by atoms with Crippen LogP contribution in [0.15, 0.2) is 59.5 Å². The highest BCUT2D eigenvalue weighted by Crippen LogP contribution is 2.20. The highest BCUT2D eigenvalue weighted by molar-refractivity contribution is 7.89. The minimum Gasteiger partial charge on any atom is -0.296 e. The molecule has 0 aliphatic rings. The lowest BCUT2D eigenvalue weighted by molar-refractivity contribution is 0.220. The minimum absolute atomic E-state index is 0.0152. The number of hydrogen-bond acceptors (Lipinski definition) is 3. The molecule has 0 heterocycles. The number of benzene rings is 2. The van der Waals surface area contributed by atoms with Crippen molar-refractivity contribution in [3.63, 3.8) is 0 Å². The Balaban J connectivity index is 2.19. The second kappa shape index (κ2) is 8.42. The Kier molecular flexibility index (Phi) is 6.54. The average molecular weight is 346 g/mol. The Morgan fingerprint density at radius 1 is 0.958 bits per heavy atom. The Morgan fingerprint density at radius 3 is 2.08 bits per heavy atom. The van der Waals surface area contributed by atoms with E-state index in [0.29, 0.717) is 11.4 Å². The molecule has 1 atom stereocenters. The Labute approximate surface area is 145 Å². The smallest absolute Gasteiger partial charge is 0.240 e. The molecule has 0 bridgehead atoms.